The molecule has 0 bridgehead atoms. The van der Waals surface area contributed by atoms with Crippen LogP contribution in [0.4, 0.5) is 4.79 Å². The van der Waals surface area contributed by atoms with Crippen LogP contribution in [-0.4, -0.2) is 56.2 Å². The van der Waals surface area contributed by atoms with Crippen LogP contribution in [0.3, 0.4) is 0 Å². The van der Waals surface area contributed by atoms with Crippen molar-refractivity contribution in [2.45, 2.75) is 37.5 Å². The summed E-state index contributed by atoms with van der Waals surface area (Å²) in [5.74, 6) is 0.794. The van der Waals surface area contributed by atoms with Gasteiger partial charge in [0.25, 0.3) is 0 Å². The zero-order valence-electron chi connectivity index (χ0n) is 14.0. The number of carbonyl (C=O) groups is 1. The number of amides is 1. The normalized spacial score (nSPS) is 23.0. The van der Waals surface area contributed by atoms with Crippen molar-refractivity contribution < 1.29 is 19.4 Å². The van der Waals surface area contributed by atoms with Gasteiger partial charge in [-0.15, -0.1) is 0 Å². The lowest BCUT2D eigenvalue weighted by atomic mass is 10.0. The topological polar surface area (TPSA) is 106 Å². The van der Waals surface area contributed by atoms with Crippen molar-refractivity contribution in [3.05, 3.63) is 29.8 Å². The van der Waals surface area contributed by atoms with Crippen molar-refractivity contribution in [2.75, 3.05) is 26.7 Å². The van der Waals surface area contributed by atoms with Crippen molar-refractivity contribution in [1.82, 2.24) is 10.6 Å². The third kappa shape index (κ3) is 5.36. The van der Waals surface area contributed by atoms with E-state index in [1.807, 2.05) is 24.3 Å². The molecule has 0 aliphatic carbocycles. The molecule has 3 atom stereocenters. The molecule has 2 rings (SSSR count). The molecule has 1 aromatic carbocycles. The molecule has 134 valence electrons. The number of hydrogen-bond acceptors (Lipinski definition) is 6. The molecule has 5 N–H and O–H groups in total. The number of hydrogen-bond donors (Lipinski definition) is 4. The fourth-order valence-corrected chi connectivity index (χ4v) is 2.76. The second kappa shape index (κ2) is 9.46. The van der Waals surface area contributed by atoms with Crippen molar-refractivity contribution in [3.8, 4) is 5.75 Å². The van der Waals surface area contributed by atoms with Gasteiger partial charge >= 0.3 is 6.09 Å². The highest BCUT2D eigenvalue weighted by molar-refractivity contribution is 5.67. The highest BCUT2D eigenvalue weighted by Crippen LogP contribution is 2.19. The molecule has 24 heavy (non-hydrogen) atoms. The Morgan fingerprint density at radius 2 is 2.12 bits per heavy atom. The van der Waals surface area contributed by atoms with E-state index in [0.717, 1.165) is 24.2 Å². The minimum atomic E-state index is -0.706. The van der Waals surface area contributed by atoms with Crippen LogP contribution < -0.4 is 21.1 Å². The Morgan fingerprint density at radius 1 is 1.38 bits per heavy atom. The van der Waals surface area contributed by atoms with Gasteiger partial charge < -0.3 is 30.9 Å². The number of methoxy groups -OCH3 is 1. The van der Waals surface area contributed by atoms with E-state index in [1.54, 1.807) is 7.11 Å². The summed E-state index contributed by atoms with van der Waals surface area (Å²) < 4.78 is 10.6. The summed E-state index contributed by atoms with van der Waals surface area (Å²) in [4.78, 5) is 11.9. The highest BCUT2D eigenvalue weighted by atomic mass is 16.6. The standard InChI is InChI=1S/C17H27N3O4/c1-23-13-6-4-12(5-7-13)10-14-16(15(21)11-20-14)24-17(22)19-9-3-2-8-18/h4-7,14-16,20-21H,2-3,8-11,18H2,1H3,(H,19,22)/t14-,15+,16+/m1/s1. The van der Waals surface area contributed by atoms with Crippen LogP contribution >= 0.6 is 0 Å². The number of alkyl carbamates (subject to hydrolysis) is 1. The van der Waals surface area contributed by atoms with Crippen molar-refractivity contribution in [3.63, 3.8) is 0 Å². The number of benzene rings is 1. The third-order valence-corrected chi connectivity index (χ3v) is 4.12. The van der Waals surface area contributed by atoms with Crippen molar-refractivity contribution >= 4 is 6.09 Å². The van der Waals surface area contributed by atoms with Gasteiger partial charge in [-0.05, 0) is 43.5 Å². The van der Waals surface area contributed by atoms with Gasteiger partial charge in [-0.1, -0.05) is 12.1 Å². The summed E-state index contributed by atoms with van der Waals surface area (Å²) in [6.45, 7) is 1.54. The molecule has 7 nitrogen and oxygen atoms in total. The lowest BCUT2D eigenvalue weighted by Gasteiger charge is -2.22. The summed E-state index contributed by atoms with van der Waals surface area (Å²) in [6, 6.07) is 7.59. The van der Waals surface area contributed by atoms with Gasteiger partial charge in [0.1, 0.15) is 18.0 Å². The smallest absolute Gasteiger partial charge is 0.407 e. The zero-order valence-corrected chi connectivity index (χ0v) is 14.0. The maximum absolute atomic E-state index is 11.9. The SMILES string of the molecule is COc1ccc(C[C@H]2NC[C@H](O)[C@H]2OC(=O)NCCCCN)cc1. The minimum Gasteiger partial charge on any atom is -0.497 e. The summed E-state index contributed by atoms with van der Waals surface area (Å²) in [5.41, 5.74) is 6.49. The van der Waals surface area contributed by atoms with E-state index >= 15 is 0 Å². The fourth-order valence-electron chi connectivity index (χ4n) is 2.76. The van der Waals surface area contributed by atoms with Crippen LogP contribution in [0.15, 0.2) is 24.3 Å². The van der Waals surface area contributed by atoms with E-state index in [4.69, 9.17) is 15.2 Å². The Bertz CT molecular complexity index is 509. The van der Waals surface area contributed by atoms with E-state index in [-0.39, 0.29) is 6.04 Å². The number of rotatable bonds is 8. The van der Waals surface area contributed by atoms with Crippen LogP contribution in [-0.2, 0) is 11.2 Å². The highest BCUT2D eigenvalue weighted by Gasteiger charge is 2.37. The molecule has 1 saturated heterocycles. The first-order chi connectivity index (χ1) is 11.6. The molecule has 1 amide bonds. The zero-order chi connectivity index (χ0) is 17.4. The fraction of sp³-hybridized carbons (Fsp3) is 0.588. The first-order valence-electron chi connectivity index (χ1n) is 8.33. The average Bonchev–Trinajstić information content (AvgIpc) is 2.93. The molecule has 1 fully saturated rings. The predicted molar refractivity (Wildman–Crippen MR) is 91.1 cm³/mol. The summed E-state index contributed by atoms with van der Waals surface area (Å²) in [7, 11) is 1.62. The van der Waals surface area contributed by atoms with Gasteiger partial charge in [-0.3, -0.25) is 0 Å². The van der Waals surface area contributed by atoms with Gasteiger partial charge in [0.2, 0.25) is 0 Å². The predicted octanol–water partition coefficient (Wildman–Crippen LogP) is 0.404. The Morgan fingerprint density at radius 3 is 2.79 bits per heavy atom. The van der Waals surface area contributed by atoms with E-state index in [2.05, 4.69) is 10.6 Å². The molecule has 0 unspecified atom stereocenters. The Kier molecular flexibility index (Phi) is 7.30. The Balaban J connectivity index is 1.85. The number of β-amino-alcohol motifs (C(OH)–C–C–N with tert-alkyl or cyclic N) is 1. The molecule has 0 aromatic heterocycles. The lowest BCUT2D eigenvalue weighted by Crippen LogP contribution is -2.41. The minimum absolute atomic E-state index is 0.122. The molecule has 0 radical (unpaired) electrons. The van der Waals surface area contributed by atoms with Crippen LogP contribution in [0.25, 0.3) is 0 Å². The molecule has 1 aliphatic heterocycles. The van der Waals surface area contributed by atoms with Gasteiger partial charge in [0.15, 0.2) is 0 Å². The number of aliphatic hydroxyl groups excluding tert-OH is 1. The molecule has 1 heterocycles. The first kappa shape index (κ1) is 18.5. The summed E-state index contributed by atoms with van der Waals surface area (Å²) in [5, 5.41) is 16.0. The Labute approximate surface area is 142 Å². The van der Waals surface area contributed by atoms with Crippen LogP contribution in [0, 0.1) is 0 Å². The molecule has 1 aromatic rings. The van der Waals surface area contributed by atoms with Gasteiger partial charge in [-0.25, -0.2) is 4.79 Å². The average molecular weight is 337 g/mol. The summed E-state index contributed by atoms with van der Waals surface area (Å²) in [6.07, 6.45) is 0.552. The molecule has 0 spiro atoms. The number of aliphatic hydroxyl groups is 1. The first-order valence-corrected chi connectivity index (χ1v) is 8.33. The third-order valence-electron chi connectivity index (χ3n) is 4.12. The van der Waals surface area contributed by atoms with Crippen LogP contribution in [0.5, 0.6) is 5.75 Å². The van der Waals surface area contributed by atoms with Gasteiger partial charge in [-0.2, -0.15) is 0 Å². The number of carbonyl (C=O) groups excluding carboxylic acids is 1. The van der Waals surface area contributed by atoms with Gasteiger partial charge in [0.05, 0.1) is 13.2 Å². The monoisotopic (exact) mass is 337 g/mol. The van der Waals surface area contributed by atoms with E-state index in [1.165, 1.54) is 0 Å². The van der Waals surface area contributed by atoms with Crippen LogP contribution in [0.2, 0.25) is 0 Å². The molecule has 0 saturated carbocycles. The molecule has 1 aliphatic rings. The number of nitrogens with one attached hydrogen (secondary N) is 2. The Hall–Kier alpha value is -1.83. The molecular formula is C17H27N3O4. The second-order valence-electron chi connectivity index (χ2n) is 5.93. The summed E-state index contributed by atoms with van der Waals surface area (Å²) >= 11 is 0. The maximum atomic E-state index is 11.9. The van der Waals surface area contributed by atoms with Crippen molar-refractivity contribution in [1.29, 1.82) is 0 Å². The van der Waals surface area contributed by atoms with Crippen LogP contribution in [0.1, 0.15) is 18.4 Å². The second-order valence-corrected chi connectivity index (χ2v) is 5.93. The maximum Gasteiger partial charge on any atom is 0.407 e. The quantitative estimate of drug-likeness (QED) is 0.512. The van der Waals surface area contributed by atoms with E-state index in [0.29, 0.717) is 26.1 Å². The molecule has 7 heteroatoms. The lowest BCUT2D eigenvalue weighted by molar-refractivity contribution is 0.0190. The van der Waals surface area contributed by atoms with Crippen molar-refractivity contribution in [2.24, 2.45) is 5.73 Å². The van der Waals surface area contributed by atoms with E-state index in [9.17, 15) is 9.90 Å². The number of unbranched alkanes of at least 4 members (excludes halogenated alkanes) is 1. The van der Waals surface area contributed by atoms with E-state index < -0.39 is 18.3 Å². The largest absolute Gasteiger partial charge is 0.497 e. The number of nitrogens with two attached hydrogens (primary N) is 1. The molecular weight excluding hydrogens is 310 g/mol. The van der Waals surface area contributed by atoms with Gasteiger partial charge in [0, 0.05) is 13.1 Å². The number of ether oxygens (including phenoxy) is 2.